The summed E-state index contributed by atoms with van der Waals surface area (Å²) in [7, 11) is 0. The third kappa shape index (κ3) is 66.0. The SMILES string of the molecule is CCCCCCC(CCCCCCCCCCCCCCCCCC(=O)O)(CCCCCCCCCC(=O)OCC(O)CO)C(=O)OCC(O)CO.CCCCCCCCCCCCCCCCCC(=O)OO.O=C(O)CCCCC(=O)O. The predicted octanol–water partition coefficient (Wildman–Crippen LogP) is 15.9. The van der Waals surface area contributed by atoms with Gasteiger partial charge in [0.25, 0.3) is 0 Å². The molecule has 0 aromatic rings. The first-order chi connectivity index (χ1) is 40.1. The Labute approximate surface area is 503 Å². The summed E-state index contributed by atoms with van der Waals surface area (Å²) in [5.74, 6) is -3.50. The second kappa shape index (κ2) is 66.2. The molecule has 0 saturated carbocycles. The van der Waals surface area contributed by atoms with Gasteiger partial charge in [-0.1, -0.05) is 258 Å². The number of carboxylic acid groups (broad SMARTS) is 3. The predicted molar refractivity (Wildman–Crippen MR) is 329 cm³/mol. The molecular formula is C66H126O17. The summed E-state index contributed by atoms with van der Waals surface area (Å²) < 4.78 is 10.6. The Bertz CT molecular complexity index is 1450. The minimum Gasteiger partial charge on any atom is -0.481 e. The summed E-state index contributed by atoms with van der Waals surface area (Å²) in [6.45, 7) is 3.26. The van der Waals surface area contributed by atoms with Gasteiger partial charge in [0.15, 0.2) is 0 Å². The van der Waals surface area contributed by atoms with E-state index in [-0.39, 0.29) is 38.0 Å². The van der Waals surface area contributed by atoms with Crippen LogP contribution in [0.4, 0.5) is 0 Å². The van der Waals surface area contributed by atoms with E-state index in [0.717, 1.165) is 135 Å². The van der Waals surface area contributed by atoms with Gasteiger partial charge >= 0.3 is 35.8 Å². The van der Waals surface area contributed by atoms with Gasteiger partial charge in [0, 0.05) is 32.1 Å². The third-order valence-corrected chi connectivity index (χ3v) is 15.4. The molecule has 0 aliphatic rings. The van der Waals surface area contributed by atoms with E-state index in [9.17, 15) is 44.1 Å². The Morgan fingerprint density at radius 3 is 0.831 bits per heavy atom. The van der Waals surface area contributed by atoms with Crippen LogP contribution in [-0.2, 0) is 43.1 Å². The maximum Gasteiger partial charge on any atom is 0.342 e. The third-order valence-electron chi connectivity index (χ3n) is 15.4. The molecule has 0 fully saturated rings. The molecule has 0 bridgehead atoms. The maximum atomic E-state index is 13.7. The molecule has 0 aliphatic heterocycles. The fourth-order valence-corrected chi connectivity index (χ4v) is 10.2. The van der Waals surface area contributed by atoms with Gasteiger partial charge in [0.05, 0.1) is 18.6 Å². The summed E-state index contributed by atoms with van der Waals surface area (Å²) in [5.41, 5.74) is -0.550. The van der Waals surface area contributed by atoms with Crippen molar-refractivity contribution in [2.45, 2.75) is 354 Å². The molecule has 0 aromatic carbocycles. The number of carbonyl (C=O) groups excluding carboxylic acids is 3. The molecule has 0 spiro atoms. The van der Waals surface area contributed by atoms with Crippen molar-refractivity contribution in [3.05, 3.63) is 0 Å². The van der Waals surface area contributed by atoms with E-state index in [1.807, 2.05) is 0 Å². The van der Waals surface area contributed by atoms with Crippen LogP contribution in [0.5, 0.6) is 0 Å². The number of esters is 2. The second-order valence-corrected chi connectivity index (χ2v) is 23.4. The molecule has 3 atom stereocenters. The van der Waals surface area contributed by atoms with Crippen molar-refractivity contribution in [2.75, 3.05) is 26.4 Å². The van der Waals surface area contributed by atoms with E-state index in [1.54, 1.807) is 0 Å². The van der Waals surface area contributed by atoms with Crippen LogP contribution in [0.2, 0.25) is 0 Å². The van der Waals surface area contributed by atoms with Crippen LogP contribution in [-0.4, -0.2) is 115 Å². The van der Waals surface area contributed by atoms with Crippen molar-refractivity contribution < 1.29 is 84.1 Å². The van der Waals surface area contributed by atoms with Crippen molar-refractivity contribution in [1.29, 1.82) is 0 Å². The largest absolute Gasteiger partial charge is 0.481 e. The Morgan fingerprint density at radius 2 is 0.554 bits per heavy atom. The Hall–Kier alpha value is -3.38. The van der Waals surface area contributed by atoms with Crippen molar-refractivity contribution in [3.8, 4) is 0 Å². The highest BCUT2D eigenvalue weighted by Gasteiger charge is 2.38. The zero-order chi connectivity index (χ0) is 62.1. The van der Waals surface area contributed by atoms with Crippen molar-refractivity contribution in [2.24, 2.45) is 5.41 Å². The van der Waals surface area contributed by atoms with Gasteiger partial charge in [-0.25, -0.2) is 4.79 Å². The highest BCUT2D eigenvalue weighted by Crippen LogP contribution is 2.39. The number of aliphatic hydroxyl groups is 4. The normalized spacial score (nSPS) is 12.5. The van der Waals surface area contributed by atoms with Gasteiger partial charge in [-0.05, 0) is 51.4 Å². The lowest BCUT2D eigenvalue weighted by atomic mass is 9.74. The quantitative estimate of drug-likeness (QED) is 0.00923. The first kappa shape index (κ1) is 83.8. The summed E-state index contributed by atoms with van der Waals surface area (Å²) in [6, 6.07) is 0. The lowest BCUT2D eigenvalue weighted by molar-refractivity contribution is -0.234. The van der Waals surface area contributed by atoms with Gasteiger partial charge in [-0.2, -0.15) is 5.26 Å². The van der Waals surface area contributed by atoms with Crippen LogP contribution < -0.4 is 0 Å². The molecule has 17 heteroatoms. The van der Waals surface area contributed by atoms with Crippen molar-refractivity contribution in [1.82, 2.24) is 0 Å². The highest BCUT2D eigenvalue weighted by atomic mass is 17.1. The second-order valence-electron chi connectivity index (χ2n) is 23.4. The molecule has 0 saturated heterocycles. The molecule has 0 amide bonds. The lowest BCUT2D eigenvalue weighted by Gasteiger charge is -2.32. The van der Waals surface area contributed by atoms with Gasteiger partial charge in [0.2, 0.25) is 0 Å². The molecule has 17 nitrogen and oxygen atoms in total. The monoisotopic (exact) mass is 1190 g/mol. The first-order valence-electron chi connectivity index (χ1n) is 33.5. The van der Waals surface area contributed by atoms with E-state index in [4.69, 9.17) is 35.2 Å². The summed E-state index contributed by atoms with van der Waals surface area (Å²) in [5, 5.41) is 70.3. The number of aliphatic hydroxyl groups excluding tert-OH is 4. The maximum absolute atomic E-state index is 13.7. The smallest absolute Gasteiger partial charge is 0.342 e. The number of hydrogen-bond donors (Lipinski definition) is 8. The molecule has 0 heterocycles. The van der Waals surface area contributed by atoms with E-state index in [2.05, 4.69) is 18.7 Å². The number of rotatable bonds is 61. The topological polar surface area (TPSA) is 292 Å². The Kier molecular flexibility index (Phi) is 66.8. The lowest BCUT2D eigenvalue weighted by Crippen LogP contribution is -2.35. The standard InChI is InChI=1S/C42H80O10.C18H36O3.C6H10O4/c1-2-3-4-25-30-42(41(50)52-36-38(46)34-44,32-27-22-18-14-16-20-24-29-40(49)51-35-37(45)33-43)31-26-21-17-13-11-9-7-5-6-8-10-12-15-19-23-28-39(47)48;1-2-3-4-5-6-7-8-9-10-11-12-13-14-15-16-17-18(19)21-20;7-5(8)3-1-2-4-6(9)10/h37-38,43-46H,2-36H2,1H3,(H,47,48);20H,2-17H2,1H3;1-4H2,(H,7,8)(H,9,10). The van der Waals surface area contributed by atoms with Crippen molar-refractivity contribution >= 4 is 35.8 Å². The van der Waals surface area contributed by atoms with E-state index < -0.39 is 54.7 Å². The minimum atomic E-state index is -1.06. The van der Waals surface area contributed by atoms with Crippen LogP contribution >= 0.6 is 0 Å². The summed E-state index contributed by atoms with van der Waals surface area (Å²) in [6.07, 6.45) is 50.7. The molecular weight excluding hydrogens is 1060 g/mol. The molecule has 0 rings (SSSR count). The van der Waals surface area contributed by atoms with Crippen molar-refractivity contribution in [3.63, 3.8) is 0 Å². The van der Waals surface area contributed by atoms with Crippen LogP contribution in [0.1, 0.15) is 341 Å². The van der Waals surface area contributed by atoms with Gasteiger partial charge < -0.3 is 50.1 Å². The number of hydrogen-bond acceptors (Lipinski definition) is 14. The summed E-state index contributed by atoms with van der Waals surface area (Å²) in [4.78, 5) is 70.1. The van der Waals surface area contributed by atoms with Gasteiger partial charge in [-0.3, -0.25) is 24.0 Å². The molecule has 83 heavy (non-hydrogen) atoms. The Morgan fingerprint density at radius 1 is 0.325 bits per heavy atom. The minimum absolute atomic E-state index is 0.0628. The highest BCUT2D eigenvalue weighted by molar-refractivity contribution is 5.77. The van der Waals surface area contributed by atoms with E-state index >= 15 is 0 Å². The molecule has 3 unspecified atom stereocenters. The number of ether oxygens (including phenoxy) is 2. The number of carbonyl (C=O) groups is 6. The fraction of sp³-hybridized carbons (Fsp3) is 0.909. The molecule has 492 valence electrons. The number of carboxylic acids is 3. The fourth-order valence-electron chi connectivity index (χ4n) is 10.2. The first-order valence-corrected chi connectivity index (χ1v) is 33.5. The molecule has 0 radical (unpaired) electrons. The van der Waals surface area contributed by atoms with E-state index in [0.29, 0.717) is 32.1 Å². The van der Waals surface area contributed by atoms with E-state index in [1.165, 1.54) is 148 Å². The van der Waals surface area contributed by atoms with Crippen LogP contribution in [0, 0.1) is 5.41 Å². The molecule has 0 aromatic heterocycles. The van der Waals surface area contributed by atoms with Gasteiger partial charge in [-0.15, -0.1) is 0 Å². The van der Waals surface area contributed by atoms with Gasteiger partial charge in [0.1, 0.15) is 25.4 Å². The van der Waals surface area contributed by atoms with Crippen LogP contribution in [0.3, 0.4) is 0 Å². The zero-order valence-electron chi connectivity index (χ0n) is 52.8. The summed E-state index contributed by atoms with van der Waals surface area (Å²) >= 11 is 0. The van der Waals surface area contributed by atoms with Crippen LogP contribution in [0.15, 0.2) is 0 Å². The van der Waals surface area contributed by atoms with Crippen LogP contribution in [0.25, 0.3) is 0 Å². The zero-order valence-corrected chi connectivity index (χ0v) is 52.8. The average Bonchev–Trinajstić information content (AvgIpc) is 3.47. The number of unbranched alkanes of at least 4 members (excludes halogenated alkanes) is 38. The number of aliphatic carboxylic acids is 3. The average molecular weight is 1190 g/mol. The molecule has 0 aliphatic carbocycles. The Balaban J connectivity index is -0.00000167. The molecule has 8 N–H and O–H groups in total.